The third-order valence-electron chi connectivity index (χ3n) is 5.20. The molecule has 0 bridgehead atoms. The number of hydrogen-bond donors (Lipinski definition) is 0. The molecule has 0 unspecified atom stereocenters. The number of nitrogens with zero attached hydrogens (tertiary/aromatic N) is 2. The van der Waals surface area contributed by atoms with Crippen molar-refractivity contribution in [1.82, 2.24) is 9.88 Å². The van der Waals surface area contributed by atoms with E-state index in [1.165, 1.54) is 17.4 Å². The summed E-state index contributed by atoms with van der Waals surface area (Å²) < 4.78 is 31.2. The standard InChI is InChI=1S/C21H19FN2O4S/c22-15-2-1-3-18-20(15)23-21(29-18)28-14-6-8-24(9-7-14)19(25)11-13-4-5-16-17(10-13)27-12-26-16/h1-5,10,14H,6-9,11-12H2. The van der Waals surface area contributed by atoms with Crippen LogP contribution >= 0.6 is 11.3 Å². The van der Waals surface area contributed by atoms with Crippen LogP contribution in [0.1, 0.15) is 18.4 Å². The number of piperidine rings is 1. The van der Waals surface area contributed by atoms with Crippen LogP contribution < -0.4 is 14.2 Å². The Bertz CT molecular complexity index is 1060. The van der Waals surface area contributed by atoms with E-state index in [0.717, 1.165) is 23.1 Å². The minimum Gasteiger partial charge on any atom is -0.467 e. The predicted octanol–water partition coefficient (Wildman–Crippen LogP) is 3.78. The molecule has 1 amide bonds. The summed E-state index contributed by atoms with van der Waals surface area (Å²) in [6.07, 6.45) is 1.77. The summed E-state index contributed by atoms with van der Waals surface area (Å²) in [6, 6.07) is 10.5. The molecule has 29 heavy (non-hydrogen) atoms. The highest BCUT2D eigenvalue weighted by Gasteiger charge is 2.25. The molecule has 5 rings (SSSR count). The van der Waals surface area contributed by atoms with Gasteiger partial charge < -0.3 is 19.1 Å². The van der Waals surface area contributed by atoms with Crippen molar-refractivity contribution in [2.75, 3.05) is 19.9 Å². The number of para-hydroxylation sites is 1. The largest absolute Gasteiger partial charge is 0.467 e. The fourth-order valence-electron chi connectivity index (χ4n) is 3.65. The van der Waals surface area contributed by atoms with Crippen LogP contribution in [0.4, 0.5) is 4.39 Å². The van der Waals surface area contributed by atoms with Crippen molar-refractivity contribution in [2.24, 2.45) is 0 Å². The highest BCUT2D eigenvalue weighted by molar-refractivity contribution is 7.20. The highest BCUT2D eigenvalue weighted by atomic mass is 32.1. The molecule has 3 aromatic rings. The molecule has 2 aliphatic rings. The molecule has 1 fully saturated rings. The summed E-state index contributed by atoms with van der Waals surface area (Å²) in [7, 11) is 0. The Balaban J connectivity index is 1.16. The van der Waals surface area contributed by atoms with E-state index in [1.54, 1.807) is 6.07 Å². The number of amides is 1. The molecule has 0 saturated carbocycles. The normalized spacial score (nSPS) is 16.4. The number of likely N-dealkylation sites (tertiary alicyclic amines) is 1. The molecule has 0 N–H and O–H groups in total. The summed E-state index contributed by atoms with van der Waals surface area (Å²) in [5.74, 6) is 1.16. The van der Waals surface area contributed by atoms with Gasteiger partial charge in [-0.05, 0) is 29.8 Å². The molecule has 0 radical (unpaired) electrons. The first-order valence-electron chi connectivity index (χ1n) is 9.54. The van der Waals surface area contributed by atoms with E-state index in [2.05, 4.69) is 4.98 Å². The van der Waals surface area contributed by atoms with Crippen LogP contribution in [-0.4, -0.2) is 41.8 Å². The smallest absolute Gasteiger partial charge is 0.274 e. The van der Waals surface area contributed by atoms with Gasteiger partial charge in [-0.3, -0.25) is 4.79 Å². The van der Waals surface area contributed by atoms with Crippen LogP contribution in [0.2, 0.25) is 0 Å². The molecule has 1 saturated heterocycles. The van der Waals surface area contributed by atoms with E-state index >= 15 is 0 Å². The van der Waals surface area contributed by atoms with Crippen molar-refractivity contribution in [2.45, 2.75) is 25.4 Å². The number of halogens is 1. The van der Waals surface area contributed by atoms with Crippen molar-refractivity contribution in [3.05, 3.63) is 47.8 Å². The number of benzene rings is 2. The zero-order chi connectivity index (χ0) is 19.8. The Morgan fingerprint density at radius 3 is 2.86 bits per heavy atom. The van der Waals surface area contributed by atoms with Crippen molar-refractivity contribution < 1.29 is 23.4 Å². The summed E-state index contributed by atoms with van der Waals surface area (Å²) in [4.78, 5) is 18.8. The van der Waals surface area contributed by atoms with Gasteiger partial charge in [0.05, 0.1) is 11.1 Å². The topological polar surface area (TPSA) is 60.9 Å². The third-order valence-corrected chi connectivity index (χ3v) is 6.12. The lowest BCUT2D eigenvalue weighted by atomic mass is 10.1. The second-order valence-electron chi connectivity index (χ2n) is 7.13. The minimum atomic E-state index is -0.336. The van der Waals surface area contributed by atoms with Gasteiger partial charge in [0, 0.05) is 25.9 Å². The average molecular weight is 414 g/mol. The number of rotatable bonds is 4. The van der Waals surface area contributed by atoms with Crippen molar-refractivity contribution in [3.63, 3.8) is 0 Å². The fraction of sp³-hybridized carbons (Fsp3) is 0.333. The molecule has 3 heterocycles. The molecule has 2 aliphatic heterocycles. The lowest BCUT2D eigenvalue weighted by Crippen LogP contribution is -2.42. The van der Waals surface area contributed by atoms with E-state index in [9.17, 15) is 9.18 Å². The molecule has 0 aliphatic carbocycles. The maximum Gasteiger partial charge on any atom is 0.274 e. The Hall–Kier alpha value is -2.87. The first-order chi connectivity index (χ1) is 14.2. The Morgan fingerprint density at radius 1 is 1.21 bits per heavy atom. The van der Waals surface area contributed by atoms with Gasteiger partial charge in [-0.15, -0.1) is 0 Å². The Kier molecular flexibility index (Phi) is 4.71. The lowest BCUT2D eigenvalue weighted by Gasteiger charge is -2.31. The van der Waals surface area contributed by atoms with E-state index < -0.39 is 0 Å². The molecule has 1 aromatic heterocycles. The van der Waals surface area contributed by atoms with Crippen LogP contribution in [-0.2, 0) is 11.2 Å². The summed E-state index contributed by atoms with van der Waals surface area (Å²) in [5, 5.41) is 0.482. The number of hydrogen-bond acceptors (Lipinski definition) is 6. The van der Waals surface area contributed by atoms with Gasteiger partial charge in [-0.1, -0.05) is 23.5 Å². The number of carbonyl (C=O) groups excluding carboxylic acids is 1. The van der Waals surface area contributed by atoms with E-state index in [-0.39, 0.29) is 24.6 Å². The van der Waals surface area contributed by atoms with Gasteiger partial charge in [0.2, 0.25) is 12.7 Å². The maximum atomic E-state index is 13.8. The number of thiazole rings is 1. The van der Waals surface area contributed by atoms with Gasteiger partial charge in [0.1, 0.15) is 17.4 Å². The van der Waals surface area contributed by atoms with Crippen molar-refractivity contribution >= 4 is 27.5 Å². The number of aromatic nitrogens is 1. The minimum absolute atomic E-state index is 0.0202. The van der Waals surface area contributed by atoms with Crippen molar-refractivity contribution in [1.29, 1.82) is 0 Å². The van der Waals surface area contributed by atoms with Crippen LogP contribution in [0.5, 0.6) is 16.7 Å². The van der Waals surface area contributed by atoms with E-state index in [0.29, 0.717) is 41.7 Å². The van der Waals surface area contributed by atoms with E-state index in [4.69, 9.17) is 14.2 Å². The van der Waals surface area contributed by atoms with Crippen molar-refractivity contribution in [3.8, 4) is 16.7 Å². The number of ether oxygens (including phenoxy) is 3. The second kappa shape index (κ2) is 7.51. The Morgan fingerprint density at radius 2 is 2.03 bits per heavy atom. The predicted molar refractivity (Wildman–Crippen MR) is 106 cm³/mol. The lowest BCUT2D eigenvalue weighted by molar-refractivity contribution is -0.132. The van der Waals surface area contributed by atoms with Crippen LogP contribution in [0.25, 0.3) is 10.2 Å². The van der Waals surface area contributed by atoms with Gasteiger partial charge >= 0.3 is 0 Å². The van der Waals surface area contributed by atoms with Crippen LogP contribution in [0.3, 0.4) is 0 Å². The summed E-state index contributed by atoms with van der Waals surface area (Å²) >= 11 is 1.35. The van der Waals surface area contributed by atoms with Crippen LogP contribution in [0, 0.1) is 5.82 Å². The quantitative estimate of drug-likeness (QED) is 0.650. The molecule has 0 atom stereocenters. The van der Waals surface area contributed by atoms with Gasteiger partial charge in [-0.2, -0.15) is 4.98 Å². The average Bonchev–Trinajstić information content (AvgIpc) is 3.35. The first kappa shape index (κ1) is 18.2. The monoisotopic (exact) mass is 414 g/mol. The highest BCUT2D eigenvalue weighted by Crippen LogP contribution is 2.33. The number of fused-ring (bicyclic) bond motifs is 2. The first-order valence-corrected chi connectivity index (χ1v) is 10.4. The SMILES string of the molecule is O=C(Cc1ccc2c(c1)OCO2)N1CCC(Oc2nc3c(F)cccc3s2)CC1. The molecule has 6 nitrogen and oxygen atoms in total. The Labute approximate surface area is 170 Å². The molecule has 150 valence electrons. The molecule has 0 spiro atoms. The summed E-state index contributed by atoms with van der Waals surface area (Å²) in [6.45, 7) is 1.49. The summed E-state index contributed by atoms with van der Waals surface area (Å²) in [5.41, 5.74) is 1.26. The van der Waals surface area contributed by atoms with E-state index in [1.807, 2.05) is 29.2 Å². The van der Waals surface area contributed by atoms with Gasteiger partial charge in [0.25, 0.3) is 5.19 Å². The number of carbonyl (C=O) groups is 1. The maximum absolute atomic E-state index is 13.8. The van der Waals surface area contributed by atoms with Crippen LogP contribution in [0.15, 0.2) is 36.4 Å². The zero-order valence-corrected chi connectivity index (χ0v) is 16.4. The fourth-order valence-corrected chi connectivity index (χ4v) is 4.54. The third kappa shape index (κ3) is 3.72. The molecular formula is C21H19FN2O4S. The molecular weight excluding hydrogens is 395 g/mol. The van der Waals surface area contributed by atoms with Gasteiger partial charge in [0.15, 0.2) is 11.5 Å². The molecule has 2 aromatic carbocycles. The second-order valence-corrected chi connectivity index (χ2v) is 8.12. The molecule has 8 heteroatoms. The zero-order valence-electron chi connectivity index (χ0n) is 15.6. The van der Waals surface area contributed by atoms with Gasteiger partial charge in [-0.25, -0.2) is 4.39 Å².